The summed E-state index contributed by atoms with van der Waals surface area (Å²) < 4.78 is 2.68. The first-order valence-electron chi connectivity index (χ1n) is 6.75. The van der Waals surface area contributed by atoms with Crippen molar-refractivity contribution >= 4 is 28.6 Å². The van der Waals surface area contributed by atoms with E-state index in [4.69, 9.17) is 5.21 Å². The van der Waals surface area contributed by atoms with Crippen LogP contribution in [0, 0.1) is 0 Å². The van der Waals surface area contributed by atoms with Crippen molar-refractivity contribution in [2.75, 3.05) is 11.5 Å². The lowest BCUT2D eigenvalue weighted by atomic mass is 10.2. The van der Waals surface area contributed by atoms with Gasteiger partial charge in [0.05, 0.1) is 16.7 Å². The topological polar surface area (TPSA) is 93.3 Å². The maximum absolute atomic E-state index is 12.2. The fourth-order valence-electron chi connectivity index (χ4n) is 2.18. The third kappa shape index (κ3) is 3.40. The summed E-state index contributed by atoms with van der Waals surface area (Å²) in [5.41, 5.74) is 1.54. The molecule has 0 aliphatic heterocycles. The molecule has 1 heterocycles. The van der Waals surface area contributed by atoms with E-state index in [0.29, 0.717) is 29.6 Å². The molecule has 22 heavy (non-hydrogen) atoms. The molecular formula is C14H17N3O4S. The van der Waals surface area contributed by atoms with Crippen LogP contribution in [-0.4, -0.2) is 31.8 Å². The molecule has 0 aliphatic carbocycles. The summed E-state index contributed by atoms with van der Waals surface area (Å²) in [6.45, 7) is 0.460. The molecule has 0 bridgehead atoms. The van der Waals surface area contributed by atoms with E-state index in [2.05, 4.69) is 0 Å². The van der Waals surface area contributed by atoms with Gasteiger partial charge < -0.3 is 0 Å². The summed E-state index contributed by atoms with van der Waals surface area (Å²) in [5.74, 6) is 0.380. The largest absolute Gasteiger partial charge is 0.331 e. The molecule has 7 nitrogen and oxygen atoms in total. The van der Waals surface area contributed by atoms with Crippen LogP contribution < -0.4 is 16.7 Å². The Hall–Kier alpha value is -2.06. The Morgan fingerprint density at radius 2 is 2.05 bits per heavy atom. The average molecular weight is 323 g/mol. The predicted octanol–water partition coefficient (Wildman–Crippen LogP) is 0.329. The predicted molar refractivity (Wildman–Crippen MR) is 85.3 cm³/mol. The summed E-state index contributed by atoms with van der Waals surface area (Å²) in [7, 11) is 1.47. The minimum absolute atomic E-state index is 0.166. The summed E-state index contributed by atoms with van der Waals surface area (Å²) in [5, 5.41) is 8.90. The van der Waals surface area contributed by atoms with Gasteiger partial charge in [0.1, 0.15) is 0 Å². The number of aromatic nitrogens is 2. The second-order valence-corrected chi connectivity index (χ2v) is 5.86. The molecule has 0 atom stereocenters. The number of rotatable bonds is 6. The molecular weight excluding hydrogens is 306 g/mol. The van der Waals surface area contributed by atoms with Crippen LogP contribution in [0.3, 0.4) is 0 Å². The third-order valence-corrected chi connectivity index (χ3v) is 4.32. The van der Waals surface area contributed by atoms with Crippen LogP contribution >= 0.6 is 11.8 Å². The first-order chi connectivity index (χ1) is 10.6. The molecule has 1 aromatic carbocycles. The standard InChI is InChI=1S/C14H17N3O4S/c1-16-13(19)10-5-2-3-6-11(10)17(14(16)20)7-4-8-22-9-12(18)15-21/h2-3,5-6,21H,4,7-9H2,1H3,(H,15,18). The quantitative estimate of drug-likeness (QED) is 0.454. The van der Waals surface area contributed by atoms with Crippen molar-refractivity contribution in [1.82, 2.24) is 14.6 Å². The van der Waals surface area contributed by atoms with Gasteiger partial charge in [-0.15, -0.1) is 0 Å². The number of benzene rings is 1. The third-order valence-electron chi connectivity index (χ3n) is 3.28. The van der Waals surface area contributed by atoms with Crippen molar-refractivity contribution in [3.05, 3.63) is 45.1 Å². The lowest BCUT2D eigenvalue weighted by Gasteiger charge is -2.11. The number of carbonyl (C=O) groups is 1. The molecule has 2 aromatic rings. The van der Waals surface area contributed by atoms with Gasteiger partial charge in [0.2, 0.25) is 0 Å². The average Bonchev–Trinajstić information content (AvgIpc) is 2.55. The molecule has 1 aromatic heterocycles. The number of hydrogen-bond acceptors (Lipinski definition) is 5. The molecule has 0 radical (unpaired) electrons. The number of hydrogen-bond donors (Lipinski definition) is 2. The fourth-order valence-corrected chi connectivity index (χ4v) is 2.91. The van der Waals surface area contributed by atoms with E-state index in [-0.39, 0.29) is 17.0 Å². The van der Waals surface area contributed by atoms with Gasteiger partial charge in [-0.05, 0) is 24.3 Å². The van der Waals surface area contributed by atoms with Crippen LogP contribution in [-0.2, 0) is 18.4 Å². The second kappa shape index (κ2) is 7.28. The van der Waals surface area contributed by atoms with Gasteiger partial charge in [0.15, 0.2) is 0 Å². The number of amides is 1. The molecule has 1 amide bonds. The Labute approximate surface area is 130 Å². The zero-order valence-electron chi connectivity index (χ0n) is 12.1. The van der Waals surface area contributed by atoms with Crippen LogP contribution in [0.1, 0.15) is 6.42 Å². The summed E-state index contributed by atoms with van der Waals surface area (Å²) in [4.78, 5) is 35.2. The van der Waals surface area contributed by atoms with Crippen molar-refractivity contribution in [2.24, 2.45) is 7.05 Å². The number of aryl methyl sites for hydroxylation is 1. The Balaban J connectivity index is 2.16. The number of nitrogens with one attached hydrogen (secondary N) is 1. The van der Waals surface area contributed by atoms with Gasteiger partial charge in [-0.25, -0.2) is 10.3 Å². The summed E-state index contributed by atoms with van der Waals surface area (Å²) in [6.07, 6.45) is 0.672. The molecule has 2 rings (SSSR count). The summed E-state index contributed by atoms with van der Waals surface area (Å²) in [6, 6.07) is 7.01. The van der Waals surface area contributed by atoms with E-state index in [1.54, 1.807) is 34.3 Å². The zero-order valence-corrected chi connectivity index (χ0v) is 12.9. The number of thioether (sulfide) groups is 1. The minimum Gasteiger partial charge on any atom is -0.293 e. The van der Waals surface area contributed by atoms with Gasteiger partial charge in [0.25, 0.3) is 11.5 Å². The maximum atomic E-state index is 12.2. The highest BCUT2D eigenvalue weighted by atomic mass is 32.2. The van der Waals surface area contributed by atoms with Crippen molar-refractivity contribution in [2.45, 2.75) is 13.0 Å². The molecule has 0 aliphatic rings. The molecule has 0 saturated carbocycles. The SMILES string of the molecule is Cn1c(=O)c2ccccc2n(CCCSCC(=O)NO)c1=O. The maximum Gasteiger partial charge on any atom is 0.331 e. The fraction of sp³-hybridized carbons (Fsp3) is 0.357. The van der Waals surface area contributed by atoms with Crippen molar-refractivity contribution in [1.29, 1.82) is 0 Å². The normalized spacial score (nSPS) is 10.8. The Bertz CT molecular complexity index is 797. The highest BCUT2D eigenvalue weighted by molar-refractivity contribution is 7.99. The number of para-hydroxylation sites is 1. The molecule has 8 heteroatoms. The highest BCUT2D eigenvalue weighted by Gasteiger charge is 2.09. The molecule has 0 unspecified atom stereocenters. The molecule has 0 fully saturated rings. The van der Waals surface area contributed by atoms with E-state index in [9.17, 15) is 14.4 Å². The molecule has 0 spiro atoms. The van der Waals surface area contributed by atoms with Crippen molar-refractivity contribution < 1.29 is 10.0 Å². The first kappa shape index (κ1) is 16.3. The molecule has 118 valence electrons. The first-order valence-corrected chi connectivity index (χ1v) is 7.91. The van der Waals surface area contributed by atoms with Crippen LogP contribution in [0.15, 0.2) is 33.9 Å². The number of fused-ring (bicyclic) bond motifs is 1. The van der Waals surface area contributed by atoms with E-state index < -0.39 is 5.91 Å². The van der Waals surface area contributed by atoms with E-state index in [1.165, 1.54) is 18.8 Å². The van der Waals surface area contributed by atoms with Gasteiger partial charge in [-0.3, -0.25) is 23.9 Å². The van der Waals surface area contributed by atoms with Crippen molar-refractivity contribution in [3.8, 4) is 0 Å². The molecule has 0 saturated heterocycles. The lowest BCUT2D eigenvalue weighted by molar-refractivity contribution is -0.126. The van der Waals surface area contributed by atoms with E-state index in [0.717, 1.165) is 4.57 Å². The Morgan fingerprint density at radius 3 is 2.77 bits per heavy atom. The monoisotopic (exact) mass is 323 g/mol. The van der Waals surface area contributed by atoms with E-state index in [1.807, 2.05) is 0 Å². The highest BCUT2D eigenvalue weighted by Crippen LogP contribution is 2.09. The number of carbonyl (C=O) groups excluding carboxylic acids is 1. The lowest BCUT2D eigenvalue weighted by Crippen LogP contribution is -2.38. The van der Waals surface area contributed by atoms with Gasteiger partial charge in [-0.2, -0.15) is 11.8 Å². The number of hydroxylamine groups is 1. The van der Waals surface area contributed by atoms with Gasteiger partial charge >= 0.3 is 5.69 Å². The van der Waals surface area contributed by atoms with Crippen molar-refractivity contribution in [3.63, 3.8) is 0 Å². The van der Waals surface area contributed by atoms with Gasteiger partial charge in [0, 0.05) is 13.6 Å². The van der Waals surface area contributed by atoms with Crippen LogP contribution in [0.5, 0.6) is 0 Å². The van der Waals surface area contributed by atoms with E-state index >= 15 is 0 Å². The molecule has 2 N–H and O–H groups in total. The minimum atomic E-state index is -0.449. The number of nitrogens with zero attached hydrogens (tertiary/aromatic N) is 2. The summed E-state index contributed by atoms with van der Waals surface area (Å²) >= 11 is 1.37. The Morgan fingerprint density at radius 1 is 1.32 bits per heavy atom. The second-order valence-electron chi connectivity index (χ2n) is 4.76. The van der Waals surface area contributed by atoms with Crippen LogP contribution in [0.2, 0.25) is 0 Å². The Kier molecular flexibility index (Phi) is 5.40. The van der Waals surface area contributed by atoms with Gasteiger partial charge in [-0.1, -0.05) is 12.1 Å². The smallest absolute Gasteiger partial charge is 0.293 e. The zero-order chi connectivity index (χ0) is 16.1. The van der Waals surface area contributed by atoms with Crippen LogP contribution in [0.25, 0.3) is 10.9 Å². The van der Waals surface area contributed by atoms with Crippen LogP contribution in [0.4, 0.5) is 0 Å².